The van der Waals surface area contributed by atoms with Gasteiger partial charge in [-0.25, -0.2) is 8.42 Å². The molecule has 0 spiro atoms. The van der Waals surface area contributed by atoms with Crippen molar-refractivity contribution < 1.29 is 146 Å². The zero-order valence-corrected chi connectivity index (χ0v) is 15.9. The van der Waals surface area contributed by atoms with Crippen LogP contribution in [0.1, 0.15) is 0 Å². The summed E-state index contributed by atoms with van der Waals surface area (Å²) in [6, 6.07) is 0. The first-order valence-corrected chi connectivity index (χ1v) is 4.05. The molecular weight excluding hydrogens is 277 g/mol. The fourth-order valence-electron chi connectivity index (χ4n) is 0. The Labute approximate surface area is 162 Å². The maximum absolute atomic E-state index is 8.63. The third-order valence-electron chi connectivity index (χ3n) is 0. The molecule has 0 saturated carbocycles. The average molecular weight is 278 g/mol. The van der Waals surface area contributed by atoms with Gasteiger partial charge in [0.1, 0.15) is 0 Å². The van der Waals surface area contributed by atoms with Crippen molar-refractivity contribution in [1.82, 2.24) is 0 Å². The third-order valence-corrected chi connectivity index (χ3v) is 0. The molecule has 13 heteroatoms. The molecule has 0 saturated heterocycles. The molecule has 0 amide bonds. The van der Waals surface area contributed by atoms with Gasteiger partial charge < -0.3 is 13.7 Å². The summed E-state index contributed by atoms with van der Waals surface area (Å²) in [6.07, 6.45) is 0. The smallest absolute Gasteiger partial charge is 0.759 e. The first-order valence-electron chi connectivity index (χ1n) is 1.35. The minimum Gasteiger partial charge on any atom is -0.759 e. The Morgan fingerprint density at radius 2 is 0.846 bits per heavy atom. The molecule has 0 aliphatic carbocycles. The normalized spacial score (nSPS) is 8.92. The molecule has 0 aliphatic heterocycles. The first-order chi connectivity index (χ1) is 4.00. The van der Waals surface area contributed by atoms with E-state index in [9.17, 15) is 0 Å². The Hall–Kier alpha value is 3.38. The van der Waals surface area contributed by atoms with E-state index < -0.39 is 20.8 Å². The fraction of sp³-hybridized carbons (Fsp3) is 0. The Morgan fingerprint density at radius 1 is 0.846 bits per heavy atom. The van der Waals surface area contributed by atoms with Crippen molar-refractivity contribution in [2.24, 2.45) is 0 Å². The molecule has 0 heterocycles. The molecule has 8 nitrogen and oxygen atoms in total. The van der Waals surface area contributed by atoms with E-state index in [4.69, 9.17) is 35.0 Å². The van der Waals surface area contributed by atoms with Crippen LogP contribution in [0.4, 0.5) is 0 Å². The van der Waals surface area contributed by atoms with Crippen LogP contribution < -0.4 is 110 Å². The van der Waals surface area contributed by atoms with Crippen LogP contribution in [-0.2, 0) is 20.8 Å². The zero-order valence-electron chi connectivity index (χ0n) is 7.12. The SMILES string of the molecule is O=S(=O)([O-])O.O=S(=O)([O-])[O-].[K+].[Na+].[Na+]. The van der Waals surface area contributed by atoms with Gasteiger partial charge in [0.2, 0.25) is 10.4 Å². The summed E-state index contributed by atoms with van der Waals surface area (Å²) in [4.78, 5) is 0. The summed E-state index contributed by atoms with van der Waals surface area (Å²) < 4.78 is 66.9. The first kappa shape index (κ1) is 29.9. The Balaban J connectivity index is -0.0000000267. The van der Waals surface area contributed by atoms with Gasteiger partial charge in [0, 0.05) is 10.4 Å². The van der Waals surface area contributed by atoms with E-state index in [-0.39, 0.29) is 110 Å². The van der Waals surface area contributed by atoms with Crippen LogP contribution in [0.25, 0.3) is 0 Å². The second-order valence-corrected chi connectivity index (χ2v) is 2.51. The Morgan fingerprint density at radius 3 is 0.846 bits per heavy atom. The summed E-state index contributed by atoms with van der Waals surface area (Å²) in [5.41, 5.74) is 0. The van der Waals surface area contributed by atoms with Crippen molar-refractivity contribution in [1.29, 1.82) is 0 Å². The number of hydrogen-bond donors (Lipinski definition) is 1. The molecule has 0 aromatic carbocycles. The van der Waals surface area contributed by atoms with E-state index in [0.717, 1.165) is 0 Å². The molecule has 0 aromatic heterocycles. The van der Waals surface area contributed by atoms with Crippen LogP contribution in [0.3, 0.4) is 0 Å². The van der Waals surface area contributed by atoms with Gasteiger partial charge in [-0.15, -0.1) is 0 Å². The second kappa shape index (κ2) is 13.4. The standard InChI is InChI=1S/K.2Na.2H2O4S/c;;;2*1-5(2,3)4/h;;;2*(H2,1,2,3,4)/q3*+1;;/p-3. The molecule has 0 atom stereocenters. The summed E-state index contributed by atoms with van der Waals surface area (Å²) in [5, 5.41) is 0. The van der Waals surface area contributed by atoms with E-state index in [1.54, 1.807) is 0 Å². The van der Waals surface area contributed by atoms with Gasteiger partial charge >= 0.3 is 110 Å². The van der Waals surface area contributed by atoms with E-state index >= 15 is 0 Å². The van der Waals surface area contributed by atoms with Gasteiger partial charge in [-0.05, 0) is 0 Å². The van der Waals surface area contributed by atoms with Crippen LogP contribution in [0.2, 0.25) is 0 Å². The summed E-state index contributed by atoms with van der Waals surface area (Å²) in [6.45, 7) is 0. The molecule has 0 unspecified atom stereocenters. The van der Waals surface area contributed by atoms with Crippen molar-refractivity contribution in [2.45, 2.75) is 0 Å². The fourth-order valence-corrected chi connectivity index (χ4v) is 0. The van der Waals surface area contributed by atoms with Crippen LogP contribution >= 0.6 is 0 Å². The Bertz CT molecular complexity index is 217. The summed E-state index contributed by atoms with van der Waals surface area (Å²) in [5.74, 6) is 0. The Kier molecular flexibility index (Phi) is 30.9. The molecule has 0 bridgehead atoms. The molecule has 0 radical (unpaired) electrons. The van der Waals surface area contributed by atoms with Crippen molar-refractivity contribution in [2.75, 3.05) is 0 Å². The maximum atomic E-state index is 8.63. The molecule has 0 rings (SSSR count). The van der Waals surface area contributed by atoms with E-state index in [0.29, 0.717) is 0 Å². The third kappa shape index (κ3) is 241. The zero-order chi connectivity index (χ0) is 9.00. The number of rotatable bonds is 0. The quantitative estimate of drug-likeness (QED) is 0.260. The van der Waals surface area contributed by atoms with Crippen LogP contribution in [0, 0.1) is 0 Å². The van der Waals surface area contributed by atoms with Crippen molar-refractivity contribution in [3.63, 3.8) is 0 Å². The predicted molar refractivity (Wildman–Crippen MR) is 22.8 cm³/mol. The predicted octanol–water partition coefficient (Wildman–Crippen LogP) is -11.3. The van der Waals surface area contributed by atoms with E-state index in [1.165, 1.54) is 0 Å². The number of hydrogen-bond acceptors (Lipinski definition) is 7. The van der Waals surface area contributed by atoms with Gasteiger partial charge in [-0.2, -0.15) is 0 Å². The minimum absolute atomic E-state index is 0. The molecule has 1 N–H and O–H groups in total. The minimum atomic E-state index is -5.17. The molecule has 0 aromatic rings. The van der Waals surface area contributed by atoms with E-state index in [1.807, 2.05) is 0 Å². The van der Waals surface area contributed by atoms with Crippen molar-refractivity contribution in [3.05, 3.63) is 0 Å². The second-order valence-electron chi connectivity index (χ2n) is 0.836. The van der Waals surface area contributed by atoms with Crippen LogP contribution in [0.15, 0.2) is 0 Å². The largest absolute Gasteiger partial charge is 1.00 e. The monoisotopic (exact) mass is 278 g/mol. The molecule has 0 aliphatic rings. The van der Waals surface area contributed by atoms with Crippen molar-refractivity contribution in [3.8, 4) is 0 Å². The van der Waals surface area contributed by atoms with Gasteiger partial charge in [0.15, 0.2) is 0 Å². The summed E-state index contributed by atoms with van der Waals surface area (Å²) >= 11 is 0. The molecule has 0 fully saturated rings. The van der Waals surface area contributed by atoms with Gasteiger partial charge in [0.25, 0.3) is 0 Å². The van der Waals surface area contributed by atoms with Crippen LogP contribution in [-0.4, -0.2) is 35.0 Å². The van der Waals surface area contributed by atoms with E-state index in [2.05, 4.69) is 0 Å². The van der Waals surface area contributed by atoms with Gasteiger partial charge in [0.05, 0.1) is 0 Å². The van der Waals surface area contributed by atoms with Gasteiger partial charge in [-0.3, -0.25) is 13.0 Å². The maximum Gasteiger partial charge on any atom is 1.00 e. The van der Waals surface area contributed by atoms with Gasteiger partial charge in [-0.1, -0.05) is 0 Å². The average Bonchev–Trinajstić information content (AvgIpc) is 1.12. The van der Waals surface area contributed by atoms with Crippen molar-refractivity contribution >= 4 is 20.8 Å². The summed E-state index contributed by atoms with van der Waals surface area (Å²) in [7, 11) is -10.1. The van der Waals surface area contributed by atoms with Crippen LogP contribution in [0.5, 0.6) is 0 Å². The molecular formula is HKNa2O8S2. The topological polar surface area (TPSA) is 158 Å². The molecule has 13 heavy (non-hydrogen) atoms. The molecule has 64 valence electrons.